The first-order valence-corrected chi connectivity index (χ1v) is 15.5. The maximum atomic E-state index is 2.50. The smallest absolute Gasteiger partial charge is 0.0115 e. The van der Waals surface area contributed by atoms with Crippen LogP contribution in [0.1, 0.15) is 61.8 Å². The lowest BCUT2D eigenvalue weighted by atomic mass is 9.62. The number of rotatable bonds is 4. The van der Waals surface area contributed by atoms with Crippen LogP contribution in [0.5, 0.6) is 0 Å². The van der Waals surface area contributed by atoms with E-state index in [0.717, 1.165) is 0 Å². The van der Waals surface area contributed by atoms with Crippen LogP contribution in [-0.2, 0) is 0 Å². The third-order valence-electron chi connectivity index (χ3n) is 10.2. The zero-order valence-electron chi connectivity index (χ0n) is 25.4. The molecule has 0 amide bonds. The minimum Gasteiger partial charge on any atom is -0.0646 e. The van der Waals surface area contributed by atoms with Crippen LogP contribution in [0.3, 0.4) is 0 Å². The van der Waals surface area contributed by atoms with Crippen molar-refractivity contribution in [3.8, 4) is 22.3 Å². The van der Waals surface area contributed by atoms with E-state index in [1.54, 1.807) is 0 Å². The van der Waals surface area contributed by atoms with Crippen molar-refractivity contribution in [1.82, 2.24) is 0 Å². The van der Waals surface area contributed by atoms with E-state index in [1.807, 2.05) is 0 Å². The number of benzene rings is 6. The maximum Gasteiger partial charge on any atom is 0.0115 e. The van der Waals surface area contributed by atoms with Gasteiger partial charge in [-0.15, -0.1) is 0 Å². The molecule has 0 nitrogen and oxygen atoms in total. The Kier molecular flexibility index (Phi) is 5.85. The van der Waals surface area contributed by atoms with Gasteiger partial charge in [0, 0.05) is 11.8 Å². The van der Waals surface area contributed by atoms with Gasteiger partial charge in [0.25, 0.3) is 0 Å². The summed E-state index contributed by atoms with van der Waals surface area (Å²) in [5, 5.41) is 5.21. The Morgan fingerprint density at radius 3 is 1.26 bits per heavy atom. The van der Waals surface area contributed by atoms with E-state index in [-0.39, 0.29) is 5.41 Å². The molecule has 0 bridgehead atoms. The molecule has 0 fully saturated rings. The fourth-order valence-electron chi connectivity index (χ4n) is 8.64. The third-order valence-corrected chi connectivity index (χ3v) is 10.2. The summed E-state index contributed by atoms with van der Waals surface area (Å²) in [5.74, 6) is 0.663. The summed E-state index contributed by atoms with van der Waals surface area (Å²) in [6.45, 7) is 9.69. The predicted molar refractivity (Wildman–Crippen MR) is 185 cm³/mol. The normalized spacial score (nSPS) is 17.6. The van der Waals surface area contributed by atoms with Gasteiger partial charge >= 0.3 is 0 Å². The molecule has 0 N–H and O–H groups in total. The lowest BCUT2D eigenvalue weighted by Crippen LogP contribution is -2.29. The van der Waals surface area contributed by atoms with Crippen molar-refractivity contribution in [3.63, 3.8) is 0 Å². The minimum atomic E-state index is -0.0214. The zero-order chi connectivity index (χ0) is 29.3. The van der Waals surface area contributed by atoms with Gasteiger partial charge in [-0.05, 0) is 85.3 Å². The van der Waals surface area contributed by atoms with Gasteiger partial charge in [0.05, 0.1) is 0 Å². The molecule has 0 saturated heterocycles. The van der Waals surface area contributed by atoms with E-state index in [1.165, 1.54) is 77.2 Å². The Balaban J connectivity index is 1.25. The third kappa shape index (κ3) is 3.90. The molecule has 2 atom stereocenters. The van der Waals surface area contributed by atoms with Crippen LogP contribution in [-0.4, -0.2) is 0 Å². The first-order chi connectivity index (χ1) is 20.9. The van der Waals surface area contributed by atoms with Crippen molar-refractivity contribution >= 4 is 33.7 Å². The Hall–Kier alpha value is -4.68. The zero-order valence-corrected chi connectivity index (χ0v) is 25.4. The molecule has 0 heterocycles. The van der Waals surface area contributed by atoms with Gasteiger partial charge in [-0.1, -0.05) is 158 Å². The minimum absolute atomic E-state index is 0.0214. The van der Waals surface area contributed by atoms with Gasteiger partial charge in [0.15, 0.2) is 0 Å². The molecule has 0 heteroatoms. The fraction of sp³-hybridized carbons (Fsp3) is 0.163. The van der Waals surface area contributed by atoms with Gasteiger partial charge in [0.2, 0.25) is 0 Å². The lowest BCUT2D eigenvalue weighted by Gasteiger charge is -2.41. The highest BCUT2D eigenvalue weighted by atomic mass is 14.5. The summed E-state index contributed by atoms with van der Waals surface area (Å²) in [6.07, 6.45) is 4.95. The summed E-state index contributed by atoms with van der Waals surface area (Å²) in [6, 6.07) is 44.8. The van der Waals surface area contributed by atoms with Gasteiger partial charge in [-0.2, -0.15) is 0 Å². The number of allylic oxidation sites excluding steroid dienone is 2. The van der Waals surface area contributed by atoms with E-state index in [4.69, 9.17) is 0 Å². The molecule has 2 aliphatic carbocycles. The first-order valence-electron chi connectivity index (χ1n) is 15.5. The number of hydrogen-bond donors (Lipinski definition) is 0. The standard InChI is InChI=1S/C43H36/c1-27-25-39-35(33-19-9-15-29-13-5-7-17-31(29)33)21-11-23-37(39)41(27)43(3,4)42-28(2)26-40-36(22-12-24-38(40)42)34-20-10-16-30-14-6-8-18-32(30)34/h5-26,41-42H,1-4H3. The van der Waals surface area contributed by atoms with E-state index >= 15 is 0 Å². The van der Waals surface area contributed by atoms with Crippen LogP contribution in [0.4, 0.5) is 0 Å². The summed E-state index contributed by atoms with van der Waals surface area (Å²) in [4.78, 5) is 0. The average molecular weight is 553 g/mol. The van der Waals surface area contributed by atoms with Crippen LogP contribution >= 0.6 is 0 Å². The first kappa shape index (κ1) is 26.0. The number of fused-ring (bicyclic) bond motifs is 4. The van der Waals surface area contributed by atoms with Crippen molar-refractivity contribution < 1.29 is 0 Å². The van der Waals surface area contributed by atoms with Crippen LogP contribution in [0.25, 0.3) is 56.0 Å². The highest BCUT2D eigenvalue weighted by molar-refractivity contribution is 6.00. The molecule has 208 valence electrons. The van der Waals surface area contributed by atoms with Crippen LogP contribution in [0, 0.1) is 5.41 Å². The van der Waals surface area contributed by atoms with Crippen molar-refractivity contribution in [2.75, 3.05) is 0 Å². The second kappa shape index (κ2) is 9.68. The summed E-state index contributed by atoms with van der Waals surface area (Å²) < 4.78 is 0. The van der Waals surface area contributed by atoms with Gasteiger partial charge in [-0.25, -0.2) is 0 Å². The average Bonchev–Trinajstić information content (AvgIpc) is 3.56. The molecule has 2 unspecified atom stereocenters. The summed E-state index contributed by atoms with van der Waals surface area (Å²) in [7, 11) is 0. The summed E-state index contributed by atoms with van der Waals surface area (Å²) >= 11 is 0. The molecule has 2 aliphatic rings. The van der Waals surface area contributed by atoms with Gasteiger partial charge < -0.3 is 0 Å². The van der Waals surface area contributed by atoms with Crippen molar-refractivity contribution in [2.45, 2.75) is 39.5 Å². The fourth-order valence-corrected chi connectivity index (χ4v) is 8.64. The molecule has 6 aromatic carbocycles. The Labute approximate surface area is 255 Å². The van der Waals surface area contributed by atoms with Crippen molar-refractivity contribution in [1.29, 1.82) is 0 Å². The van der Waals surface area contributed by atoms with Crippen LogP contribution in [0.2, 0.25) is 0 Å². The Bertz CT molecular complexity index is 1970. The lowest BCUT2D eigenvalue weighted by molar-refractivity contribution is 0.275. The van der Waals surface area contributed by atoms with E-state index in [2.05, 4.69) is 161 Å². The Morgan fingerprint density at radius 1 is 0.419 bits per heavy atom. The molecule has 6 aromatic rings. The van der Waals surface area contributed by atoms with E-state index < -0.39 is 0 Å². The molecule has 0 radical (unpaired) electrons. The second-order valence-electron chi connectivity index (χ2n) is 13.1. The molecule has 0 aliphatic heterocycles. The van der Waals surface area contributed by atoms with E-state index in [0.29, 0.717) is 11.8 Å². The molecule has 43 heavy (non-hydrogen) atoms. The largest absolute Gasteiger partial charge is 0.0646 e. The van der Waals surface area contributed by atoms with Crippen molar-refractivity contribution in [2.24, 2.45) is 5.41 Å². The monoisotopic (exact) mass is 552 g/mol. The second-order valence-corrected chi connectivity index (χ2v) is 13.1. The Morgan fingerprint density at radius 2 is 0.791 bits per heavy atom. The van der Waals surface area contributed by atoms with Crippen LogP contribution in [0.15, 0.2) is 132 Å². The quantitative estimate of drug-likeness (QED) is 0.204. The number of hydrogen-bond acceptors (Lipinski definition) is 0. The summed E-state index contributed by atoms with van der Waals surface area (Å²) in [5.41, 5.74) is 13.9. The van der Waals surface area contributed by atoms with Gasteiger partial charge in [0.1, 0.15) is 0 Å². The highest BCUT2D eigenvalue weighted by Crippen LogP contribution is 2.59. The topological polar surface area (TPSA) is 0 Å². The molecule has 0 spiro atoms. The van der Waals surface area contributed by atoms with Crippen LogP contribution < -0.4 is 0 Å². The van der Waals surface area contributed by atoms with Gasteiger partial charge in [-0.3, -0.25) is 0 Å². The maximum absolute atomic E-state index is 2.50. The predicted octanol–water partition coefficient (Wildman–Crippen LogP) is 12.1. The molecule has 0 aromatic heterocycles. The highest BCUT2D eigenvalue weighted by Gasteiger charge is 2.45. The molecular weight excluding hydrogens is 516 g/mol. The van der Waals surface area contributed by atoms with E-state index in [9.17, 15) is 0 Å². The molecular formula is C43H36. The molecule has 0 saturated carbocycles. The SMILES string of the molecule is CC1=Cc2c(-c3cccc4ccccc34)cccc2C1C(C)(C)C1C(C)=Cc2c(-c3cccc4ccccc34)cccc21. The van der Waals surface area contributed by atoms with Crippen molar-refractivity contribution in [3.05, 3.63) is 155 Å². The molecule has 8 rings (SSSR count).